The van der Waals surface area contributed by atoms with Gasteiger partial charge in [0.2, 0.25) is 5.56 Å². The van der Waals surface area contributed by atoms with E-state index in [1.54, 1.807) is 18.2 Å². The molecule has 3 aromatic carbocycles. The number of H-pyrrole nitrogens is 1. The zero-order valence-electron chi connectivity index (χ0n) is 13.9. The van der Waals surface area contributed by atoms with Gasteiger partial charge in [-0.3, -0.25) is 9.59 Å². The number of anilines is 1. The number of carbonyl (C=O) groups is 1. The van der Waals surface area contributed by atoms with Crippen molar-refractivity contribution < 1.29 is 9.53 Å². The summed E-state index contributed by atoms with van der Waals surface area (Å²) in [6.45, 7) is -0.116. The highest BCUT2D eigenvalue weighted by molar-refractivity contribution is 5.95. The number of fused-ring (bicyclic) bond motifs is 2. The minimum Gasteiger partial charge on any atom is -0.484 e. The topological polar surface area (TPSA) is 71.2 Å². The maximum Gasteiger partial charge on any atom is 0.262 e. The van der Waals surface area contributed by atoms with Crippen LogP contribution in [0.15, 0.2) is 77.6 Å². The van der Waals surface area contributed by atoms with Gasteiger partial charge in [0.05, 0.1) is 5.52 Å². The number of hydrogen-bond acceptors (Lipinski definition) is 3. The van der Waals surface area contributed by atoms with Crippen LogP contribution in [0, 0.1) is 0 Å². The first-order chi connectivity index (χ1) is 12.7. The molecule has 0 atom stereocenters. The van der Waals surface area contributed by atoms with Crippen LogP contribution in [0.25, 0.3) is 21.7 Å². The molecule has 0 unspecified atom stereocenters. The zero-order chi connectivity index (χ0) is 17.9. The summed E-state index contributed by atoms with van der Waals surface area (Å²) in [6, 6.07) is 22.2. The Morgan fingerprint density at radius 1 is 0.885 bits per heavy atom. The second-order valence-electron chi connectivity index (χ2n) is 5.97. The number of carbonyl (C=O) groups excluding carboxylic acids is 1. The molecule has 2 N–H and O–H groups in total. The molecule has 5 heteroatoms. The molecule has 0 saturated carbocycles. The maximum atomic E-state index is 12.1. The van der Waals surface area contributed by atoms with E-state index in [-0.39, 0.29) is 18.1 Å². The van der Waals surface area contributed by atoms with Crippen LogP contribution in [0.1, 0.15) is 0 Å². The van der Waals surface area contributed by atoms with Crippen molar-refractivity contribution in [3.63, 3.8) is 0 Å². The second-order valence-corrected chi connectivity index (χ2v) is 5.97. The van der Waals surface area contributed by atoms with Crippen molar-refractivity contribution in [1.29, 1.82) is 0 Å². The van der Waals surface area contributed by atoms with E-state index in [1.165, 1.54) is 6.07 Å². The van der Waals surface area contributed by atoms with Crippen molar-refractivity contribution >= 4 is 33.3 Å². The summed E-state index contributed by atoms with van der Waals surface area (Å²) in [5.41, 5.74) is 1.22. The Kier molecular flexibility index (Phi) is 4.11. The molecule has 0 aliphatic heterocycles. The number of benzene rings is 3. The molecule has 0 aliphatic rings. The van der Waals surface area contributed by atoms with Crippen LogP contribution >= 0.6 is 0 Å². The third-order valence-electron chi connectivity index (χ3n) is 4.10. The van der Waals surface area contributed by atoms with Gasteiger partial charge in [-0.2, -0.15) is 0 Å². The summed E-state index contributed by atoms with van der Waals surface area (Å²) >= 11 is 0. The summed E-state index contributed by atoms with van der Waals surface area (Å²) in [6.07, 6.45) is 0. The molecule has 5 nitrogen and oxygen atoms in total. The number of aromatic amines is 1. The van der Waals surface area contributed by atoms with Crippen LogP contribution in [-0.4, -0.2) is 17.5 Å². The Bertz CT molecular complexity index is 1160. The highest BCUT2D eigenvalue weighted by atomic mass is 16.5. The highest BCUT2D eigenvalue weighted by Gasteiger charge is 2.05. The van der Waals surface area contributed by atoms with E-state index in [0.717, 1.165) is 21.8 Å². The van der Waals surface area contributed by atoms with E-state index in [9.17, 15) is 9.59 Å². The Balaban J connectivity index is 1.43. The normalized spacial score (nSPS) is 10.8. The number of pyridine rings is 1. The number of rotatable bonds is 4. The molecule has 0 saturated heterocycles. The number of ether oxygens (including phenoxy) is 1. The molecule has 1 heterocycles. The van der Waals surface area contributed by atoms with E-state index in [2.05, 4.69) is 10.3 Å². The van der Waals surface area contributed by atoms with Crippen molar-refractivity contribution in [2.45, 2.75) is 0 Å². The van der Waals surface area contributed by atoms with Gasteiger partial charge >= 0.3 is 0 Å². The van der Waals surface area contributed by atoms with E-state index in [4.69, 9.17) is 4.74 Å². The minimum absolute atomic E-state index is 0.116. The minimum atomic E-state index is -0.248. The molecular weight excluding hydrogens is 328 g/mol. The molecular formula is C21H16N2O3. The number of aromatic nitrogens is 1. The lowest BCUT2D eigenvalue weighted by Gasteiger charge is -2.09. The van der Waals surface area contributed by atoms with Crippen molar-refractivity contribution in [2.24, 2.45) is 0 Å². The molecule has 0 radical (unpaired) electrons. The quantitative estimate of drug-likeness (QED) is 0.593. The zero-order valence-corrected chi connectivity index (χ0v) is 13.9. The summed E-state index contributed by atoms with van der Waals surface area (Å²) < 4.78 is 5.54. The fraction of sp³-hybridized carbons (Fsp3) is 0.0476. The molecule has 26 heavy (non-hydrogen) atoms. The first-order valence-corrected chi connectivity index (χ1v) is 8.22. The number of nitrogens with one attached hydrogen (secondary N) is 2. The molecule has 0 spiro atoms. The Morgan fingerprint density at radius 2 is 1.65 bits per heavy atom. The first-order valence-electron chi connectivity index (χ1n) is 8.22. The summed E-state index contributed by atoms with van der Waals surface area (Å²) in [4.78, 5) is 26.3. The fourth-order valence-corrected chi connectivity index (χ4v) is 2.83. The van der Waals surface area contributed by atoms with Gasteiger partial charge in [-0.1, -0.05) is 30.3 Å². The van der Waals surface area contributed by atoms with E-state index in [0.29, 0.717) is 11.3 Å². The molecule has 4 aromatic rings. The third-order valence-corrected chi connectivity index (χ3v) is 4.10. The van der Waals surface area contributed by atoms with Crippen LogP contribution in [0.3, 0.4) is 0 Å². The van der Waals surface area contributed by atoms with Gasteiger partial charge in [0.1, 0.15) is 5.75 Å². The van der Waals surface area contributed by atoms with Gasteiger partial charge in [-0.15, -0.1) is 0 Å². The van der Waals surface area contributed by atoms with Gasteiger partial charge in [0.25, 0.3) is 5.91 Å². The third kappa shape index (κ3) is 3.42. The van der Waals surface area contributed by atoms with Crippen LogP contribution in [-0.2, 0) is 4.79 Å². The van der Waals surface area contributed by atoms with E-state index in [1.807, 2.05) is 48.5 Å². The molecule has 0 bridgehead atoms. The Labute approximate surface area is 149 Å². The van der Waals surface area contributed by atoms with Gasteiger partial charge in [0.15, 0.2) is 6.61 Å². The van der Waals surface area contributed by atoms with Crippen LogP contribution in [0.5, 0.6) is 5.75 Å². The fourth-order valence-electron chi connectivity index (χ4n) is 2.83. The van der Waals surface area contributed by atoms with Gasteiger partial charge in [0, 0.05) is 17.8 Å². The first kappa shape index (κ1) is 15.9. The molecule has 1 aromatic heterocycles. The van der Waals surface area contributed by atoms with Crippen molar-refractivity contribution in [1.82, 2.24) is 4.98 Å². The number of hydrogen-bond donors (Lipinski definition) is 2. The van der Waals surface area contributed by atoms with Crippen molar-refractivity contribution in [2.75, 3.05) is 11.9 Å². The molecule has 0 aliphatic carbocycles. The Hall–Kier alpha value is -3.60. The molecule has 0 fully saturated rings. The second kappa shape index (κ2) is 6.72. The summed E-state index contributed by atoms with van der Waals surface area (Å²) in [5, 5.41) is 5.91. The van der Waals surface area contributed by atoms with Crippen LogP contribution in [0.4, 0.5) is 5.69 Å². The predicted octanol–water partition coefficient (Wildman–Crippen LogP) is 3.70. The van der Waals surface area contributed by atoms with Gasteiger partial charge in [-0.25, -0.2) is 0 Å². The van der Waals surface area contributed by atoms with Crippen LogP contribution in [0.2, 0.25) is 0 Å². The lowest BCUT2D eigenvalue weighted by Crippen LogP contribution is -2.20. The average Bonchev–Trinajstić information content (AvgIpc) is 2.66. The van der Waals surface area contributed by atoms with Gasteiger partial charge < -0.3 is 15.0 Å². The molecule has 128 valence electrons. The highest BCUT2D eigenvalue weighted by Crippen LogP contribution is 2.20. The lowest BCUT2D eigenvalue weighted by molar-refractivity contribution is -0.118. The average molecular weight is 344 g/mol. The summed E-state index contributed by atoms with van der Waals surface area (Å²) in [5.74, 6) is 0.273. The van der Waals surface area contributed by atoms with Crippen molar-refractivity contribution in [3.05, 3.63) is 83.2 Å². The van der Waals surface area contributed by atoms with E-state index < -0.39 is 0 Å². The van der Waals surface area contributed by atoms with Crippen LogP contribution < -0.4 is 15.6 Å². The standard InChI is InChI=1S/C21H16N2O3/c24-20-10-7-15-6-9-18(12-19(15)23-20)26-13-21(25)22-17-8-5-14-3-1-2-4-16(14)11-17/h1-12H,13H2,(H,22,25)(H,23,24). The number of amides is 1. The smallest absolute Gasteiger partial charge is 0.262 e. The molecule has 4 rings (SSSR count). The Morgan fingerprint density at radius 3 is 2.54 bits per heavy atom. The largest absolute Gasteiger partial charge is 0.484 e. The van der Waals surface area contributed by atoms with Crippen molar-refractivity contribution in [3.8, 4) is 5.75 Å². The summed E-state index contributed by atoms with van der Waals surface area (Å²) in [7, 11) is 0. The maximum absolute atomic E-state index is 12.1. The van der Waals surface area contributed by atoms with E-state index >= 15 is 0 Å². The predicted molar refractivity (Wildman–Crippen MR) is 103 cm³/mol. The van der Waals surface area contributed by atoms with Gasteiger partial charge in [-0.05, 0) is 46.5 Å². The monoisotopic (exact) mass is 344 g/mol. The lowest BCUT2D eigenvalue weighted by atomic mass is 10.1. The molecule has 1 amide bonds. The SMILES string of the molecule is O=C(COc1ccc2ccc(=O)[nH]c2c1)Nc1ccc2ccccc2c1.